The highest BCUT2D eigenvalue weighted by atomic mass is 14.5. The van der Waals surface area contributed by atoms with Crippen molar-refractivity contribution in [1.82, 2.24) is 0 Å². The molecule has 0 aromatic rings. The van der Waals surface area contributed by atoms with E-state index in [0.717, 1.165) is 6.42 Å². The zero-order valence-electron chi connectivity index (χ0n) is 4.86. The van der Waals surface area contributed by atoms with E-state index in [1.807, 2.05) is 0 Å². The van der Waals surface area contributed by atoms with E-state index in [0.29, 0.717) is 5.92 Å². The lowest BCUT2D eigenvalue weighted by molar-refractivity contribution is 0.723. The third-order valence-corrected chi connectivity index (χ3v) is 0.942. The number of nitrogens with two attached hydrogens (primary N) is 1. The van der Waals surface area contributed by atoms with Gasteiger partial charge >= 0.3 is 0 Å². The van der Waals surface area contributed by atoms with Crippen LogP contribution in [0.1, 0.15) is 20.3 Å². The van der Waals surface area contributed by atoms with Crippen LogP contribution in [0.4, 0.5) is 0 Å². The van der Waals surface area contributed by atoms with Gasteiger partial charge in [-0.25, -0.2) is 0 Å². The van der Waals surface area contributed by atoms with Gasteiger partial charge in [0.05, 0.1) is 0 Å². The molecule has 0 aliphatic carbocycles. The Kier molecular flexibility index (Phi) is 3.22. The van der Waals surface area contributed by atoms with Crippen LogP contribution in [0.25, 0.3) is 0 Å². The van der Waals surface area contributed by atoms with E-state index >= 15 is 0 Å². The maximum absolute atomic E-state index is 4.94. The minimum Gasteiger partial charge on any atom is -0.359 e. The first kappa shape index (κ1) is 6.36. The third kappa shape index (κ3) is 3.18. The molecule has 0 saturated heterocycles. The topological polar surface area (TPSA) is 26.0 Å². The van der Waals surface area contributed by atoms with Crippen LogP contribution in [-0.2, 0) is 0 Å². The summed E-state index contributed by atoms with van der Waals surface area (Å²) >= 11 is 0. The molecule has 0 spiro atoms. The van der Waals surface area contributed by atoms with Crippen LogP contribution in [0.5, 0.6) is 0 Å². The molecule has 0 aliphatic heterocycles. The molecule has 0 aromatic heterocycles. The van der Waals surface area contributed by atoms with Crippen LogP contribution in [0.3, 0.4) is 0 Å². The second-order valence-electron chi connectivity index (χ2n) is 1.60. The predicted molar refractivity (Wildman–Crippen MR) is 31.4 cm³/mol. The molecular formula is C6H11N. The van der Waals surface area contributed by atoms with E-state index in [9.17, 15) is 0 Å². The molecule has 0 fully saturated rings. The van der Waals surface area contributed by atoms with E-state index in [1.54, 1.807) is 0 Å². The molecular weight excluding hydrogens is 86.1 g/mol. The molecule has 0 rings (SSSR count). The van der Waals surface area contributed by atoms with Crippen molar-refractivity contribution in [1.29, 1.82) is 0 Å². The molecule has 1 nitrogen and oxygen atoms in total. The maximum atomic E-state index is 4.94. The summed E-state index contributed by atoms with van der Waals surface area (Å²) < 4.78 is 0. The Morgan fingerprint density at radius 3 is 2.43 bits per heavy atom. The molecule has 1 heteroatoms. The summed E-state index contributed by atoms with van der Waals surface area (Å²) in [4.78, 5) is 0. The van der Waals surface area contributed by atoms with Gasteiger partial charge in [0.1, 0.15) is 0 Å². The SMILES string of the molecule is CCC(C)C#CN. The van der Waals surface area contributed by atoms with Crippen molar-refractivity contribution in [3.63, 3.8) is 0 Å². The van der Waals surface area contributed by atoms with Gasteiger partial charge in [0.15, 0.2) is 0 Å². The molecule has 1 atom stereocenters. The van der Waals surface area contributed by atoms with Crippen molar-refractivity contribution < 1.29 is 0 Å². The normalized spacial score (nSPS) is 11.7. The van der Waals surface area contributed by atoms with Crippen molar-refractivity contribution in [2.75, 3.05) is 0 Å². The van der Waals surface area contributed by atoms with Gasteiger partial charge in [-0.05, 0) is 6.42 Å². The van der Waals surface area contributed by atoms with Crippen LogP contribution in [-0.4, -0.2) is 0 Å². The van der Waals surface area contributed by atoms with Crippen molar-refractivity contribution in [2.24, 2.45) is 11.7 Å². The lowest BCUT2D eigenvalue weighted by Crippen LogP contribution is -1.87. The molecule has 40 valence electrons. The Labute approximate surface area is 44.9 Å². The molecule has 0 heterocycles. The summed E-state index contributed by atoms with van der Waals surface area (Å²) in [5, 5.41) is 0. The molecule has 2 N–H and O–H groups in total. The Bertz CT molecular complexity index is 86.1. The molecule has 0 amide bonds. The average Bonchev–Trinajstić information content (AvgIpc) is 1.68. The van der Waals surface area contributed by atoms with Crippen LogP contribution in [0.2, 0.25) is 0 Å². The second kappa shape index (κ2) is 3.55. The van der Waals surface area contributed by atoms with Gasteiger partial charge in [-0.3, -0.25) is 0 Å². The summed E-state index contributed by atoms with van der Waals surface area (Å²) in [7, 11) is 0. The van der Waals surface area contributed by atoms with Gasteiger partial charge in [0, 0.05) is 12.0 Å². The zero-order chi connectivity index (χ0) is 5.70. The highest BCUT2D eigenvalue weighted by Crippen LogP contribution is 1.94. The standard InChI is InChI=1S/C6H11N/c1-3-6(2)4-5-7/h6H,3,7H2,1-2H3. The molecule has 0 bridgehead atoms. The largest absolute Gasteiger partial charge is 0.359 e. The van der Waals surface area contributed by atoms with Crippen LogP contribution < -0.4 is 5.73 Å². The quantitative estimate of drug-likeness (QED) is 0.382. The van der Waals surface area contributed by atoms with E-state index < -0.39 is 0 Å². The summed E-state index contributed by atoms with van der Waals surface area (Å²) in [6.07, 6.45) is 1.09. The molecule has 0 radical (unpaired) electrons. The first-order valence-electron chi connectivity index (χ1n) is 2.52. The second-order valence-corrected chi connectivity index (χ2v) is 1.60. The number of rotatable bonds is 1. The van der Waals surface area contributed by atoms with Crippen molar-refractivity contribution in [2.45, 2.75) is 20.3 Å². The number of hydrogen-bond donors (Lipinski definition) is 1. The van der Waals surface area contributed by atoms with Gasteiger partial charge in [0.2, 0.25) is 0 Å². The van der Waals surface area contributed by atoms with E-state index in [4.69, 9.17) is 5.73 Å². The monoisotopic (exact) mass is 97.1 g/mol. The zero-order valence-corrected chi connectivity index (χ0v) is 4.86. The van der Waals surface area contributed by atoms with Crippen LogP contribution >= 0.6 is 0 Å². The Hall–Kier alpha value is -0.640. The van der Waals surface area contributed by atoms with Crippen LogP contribution in [0.15, 0.2) is 0 Å². The fourth-order valence-electron chi connectivity index (χ4n) is 0.244. The van der Waals surface area contributed by atoms with E-state index in [-0.39, 0.29) is 0 Å². The van der Waals surface area contributed by atoms with Crippen LogP contribution in [0, 0.1) is 17.9 Å². The average molecular weight is 97.2 g/mol. The smallest absolute Gasteiger partial charge is 0.0190 e. The van der Waals surface area contributed by atoms with Crippen molar-refractivity contribution >= 4 is 0 Å². The van der Waals surface area contributed by atoms with Gasteiger partial charge < -0.3 is 5.73 Å². The Morgan fingerprint density at radius 2 is 2.29 bits per heavy atom. The fraction of sp³-hybridized carbons (Fsp3) is 0.667. The minimum absolute atomic E-state index is 0.463. The molecule has 0 saturated carbocycles. The molecule has 7 heavy (non-hydrogen) atoms. The van der Waals surface area contributed by atoms with Gasteiger partial charge in [-0.2, -0.15) is 0 Å². The summed E-state index contributed by atoms with van der Waals surface area (Å²) in [6, 6.07) is 2.37. The summed E-state index contributed by atoms with van der Waals surface area (Å²) in [6.45, 7) is 4.15. The Morgan fingerprint density at radius 1 is 1.71 bits per heavy atom. The lowest BCUT2D eigenvalue weighted by Gasteiger charge is -1.91. The fourth-order valence-corrected chi connectivity index (χ4v) is 0.244. The summed E-state index contributed by atoms with van der Waals surface area (Å²) in [5.74, 6) is 3.29. The first-order valence-corrected chi connectivity index (χ1v) is 2.52. The molecule has 0 aromatic carbocycles. The minimum atomic E-state index is 0.463. The van der Waals surface area contributed by atoms with E-state index in [2.05, 4.69) is 25.8 Å². The summed E-state index contributed by atoms with van der Waals surface area (Å²) in [5.41, 5.74) is 4.94. The lowest BCUT2D eigenvalue weighted by atomic mass is 10.1. The van der Waals surface area contributed by atoms with Gasteiger partial charge in [0.25, 0.3) is 0 Å². The van der Waals surface area contributed by atoms with Gasteiger partial charge in [-0.1, -0.05) is 19.8 Å². The highest BCUT2D eigenvalue weighted by Gasteiger charge is 1.86. The number of hydrogen-bond acceptors (Lipinski definition) is 1. The molecule has 1 unspecified atom stereocenters. The van der Waals surface area contributed by atoms with E-state index in [1.165, 1.54) is 0 Å². The highest BCUT2D eigenvalue weighted by molar-refractivity contribution is 4.97. The Balaban J connectivity index is 3.29. The van der Waals surface area contributed by atoms with Gasteiger partial charge in [-0.15, -0.1) is 0 Å². The predicted octanol–water partition coefficient (Wildman–Crippen LogP) is 0.952. The maximum Gasteiger partial charge on any atom is 0.0190 e. The third-order valence-electron chi connectivity index (χ3n) is 0.942. The molecule has 0 aliphatic rings. The van der Waals surface area contributed by atoms with Crippen molar-refractivity contribution in [3.8, 4) is 12.0 Å². The van der Waals surface area contributed by atoms with Crippen molar-refractivity contribution in [3.05, 3.63) is 0 Å². The first-order chi connectivity index (χ1) is 3.31.